The maximum atomic E-state index is 12.1. The van der Waals surface area contributed by atoms with Gasteiger partial charge in [-0.25, -0.2) is 4.79 Å². The Morgan fingerprint density at radius 2 is 1.70 bits per heavy atom. The highest BCUT2D eigenvalue weighted by molar-refractivity contribution is 5.92. The summed E-state index contributed by atoms with van der Waals surface area (Å²) < 4.78 is 5.22. The first kappa shape index (κ1) is 25.1. The molecule has 0 bridgehead atoms. The number of carboxylic acids is 1. The highest BCUT2D eigenvalue weighted by Crippen LogP contribution is 2.21. The Bertz CT molecular complexity index is 833. The molecule has 0 aromatic heterocycles. The molecule has 0 radical (unpaired) electrons. The zero-order chi connectivity index (χ0) is 22.9. The van der Waals surface area contributed by atoms with Crippen LogP contribution in [-0.4, -0.2) is 45.4 Å². The molecular weight excluding hydrogens is 388 g/mol. The van der Waals surface area contributed by atoms with E-state index in [-0.39, 0.29) is 24.3 Å². The van der Waals surface area contributed by atoms with Crippen molar-refractivity contribution in [3.8, 4) is 5.75 Å². The molecule has 8 heteroatoms. The summed E-state index contributed by atoms with van der Waals surface area (Å²) in [7, 11) is 0. The number of nitrogens with two attached hydrogens (primary N) is 2. The fourth-order valence-corrected chi connectivity index (χ4v) is 2.40. The van der Waals surface area contributed by atoms with E-state index >= 15 is 0 Å². The number of rotatable bonds is 6. The Morgan fingerprint density at radius 3 is 2.20 bits per heavy atom. The second kappa shape index (κ2) is 11.3. The van der Waals surface area contributed by atoms with Crippen molar-refractivity contribution in [2.45, 2.75) is 44.9 Å². The van der Waals surface area contributed by atoms with E-state index in [1.165, 1.54) is 18.2 Å². The fraction of sp³-hybridized carbons (Fsp3) is 0.364. The van der Waals surface area contributed by atoms with Gasteiger partial charge < -0.3 is 31.5 Å². The lowest BCUT2D eigenvalue weighted by Crippen LogP contribution is -2.33. The monoisotopic (exact) mass is 418 g/mol. The zero-order valence-electron chi connectivity index (χ0n) is 17.4. The third-order valence-electron chi connectivity index (χ3n) is 3.88. The first-order chi connectivity index (χ1) is 13.9. The molecule has 0 amide bonds. The minimum absolute atomic E-state index is 0.0236. The van der Waals surface area contributed by atoms with E-state index in [0.717, 1.165) is 5.56 Å². The summed E-state index contributed by atoms with van der Waals surface area (Å²) in [5, 5.41) is 27.5. The number of ether oxygens (including phenoxy) is 1. The van der Waals surface area contributed by atoms with Gasteiger partial charge in [-0.05, 0) is 50.5 Å². The van der Waals surface area contributed by atoms with Gasteiger partial charge in [0.25, 0.3) is 0 Å². The van der Waals surface area contributed by atoms with Crippen LogP contribution in [0.2, 0.25) is 0 Å². The fourth-order valence-electron chi connectivity index (χ4n) is 2.40. The normalized spacial score (nSPS) is 12.9. The number of aromatic hydroxyl groups is 1. The molecule has 1 unspecified atom stereocenters. The van der Waals surface area contributed by atoms with Crippen molar-refractivity contribution in [2.24, 2.45) is 11.5 Å². The third kappa shape index (κ3) is 8.60. The van der Waals surface area contributed by atoms with Crippen molar-refractivity contribution in [1.82, 2.24) is 0 Å². The predicted molar refractivity (Wildman–Crippen MR) is 113 cm³/mol. The van der Waals surface area contributed by atoms with Gasteiger partial charge >= 0.3 is 11.9 Å². The first-order valence-corrected chi connectivity index (χ1v) is 9.41. The molecular formula is C22H30N2O6. The van der Waals surface area contributed by atoms with Crippen LogP contribution in [0.1, 0.15) is 48.4 Å². The second-order valence-electron chi connectivity index (χ2n) is 7.65. The lowest BCUT2D eigenvalue weighted by Gasteiger charge is -2.21. The molecule has 0 aliphatic rings. The maximum absolute atomic E-state index is 12.1. The first-order valence-electron chi connectivity index (χ1n) is 9.41. The number of carbonyl (C=O) groups is 2. The molecule has 0 aliphatic heterocycles. The van der Waals surface area contributed by atoms with Crippen molar-refractivity contribution in [3.63, 3.8) is 0 Å². The summed E-state index contributed by atoms with van der Waals surface area (Å²) in [5.41, 5.74) is 11.5. The smallest absolute Gasteiger partial charge is 0.339 e. The van der Waals surface area contributed by atoms with E-state index in [0.29, 0.717) is 5.56 Å². The minimum Gasteiger partial charge on any atom is -0.508 e. The molecule has 0 saturated carbocycles. The molecule has 7 N–H and O–H groups in total. The number of benzene rings is 2. The number of aliphatic hydroxyl groups excluding tert-OH is 1. The van der Waals surface area contributed by atoms with Crippen molar-refractivity contribution in [1.29, 1.82) is 0 Å². The summed E-state index contributed by atoms with van der Waals surface area (Å²) in [4.78, 5) is 22.9. The Kier molecular flexibility index (Phi) is 9.45. The Morgan fingerprint density at radius 1 is 1.10 bits per heavy atom. The van der Waals surface area contributed by atoms with Crippen LogP contribution in [0.3, 0.4) is 0 Å². The third-order valence-corrected chi connectivity index (χ3v) is 3.88. The van der Waals surface area contributed by atoms with Crippen LogP contribution in [0.4, 0.5) is 0 Å². The number of carbonyl (C=O) groups excluding carboxylic acids is 1. The van der Waals surface area contributed by atoms with Gasteiger partial charge in [-0.3, -0.25) is 4.79 Å². The summed E-state index contributed by atoms with van der Waals surface area (Å²) in [6, 6.07) is 12.4. The van der Waals surface area contributed by atoms with Gasteiger partial charge in [0.2, 0.25) is 0 Å². The van der Waals surface area contributed by atoms with E-state index in [9.17, 15) is 19.8 Å². The van der Waals surface area contributed by atoms with Gasteiger partial charge in [0.1, 0.15) is 17.4 Å². The van der Waals surface area contributed by atoms with Crippen molar-refractivity contribution < 1.29 is 29.6 Å². The number of hydrogen-bond donors (Lipinski definition) is 5. The van der Waals surface area contributed by atoms with Crippen LogP contribution in [0.5, 0.6) is 5.75 Å². The van der Waals surface area contributed by atoms with Crippen molar-refractivity contribution in [2.75, 3.05) is 6.54 Å². The SMILES string of the molecule is CC(C)(C)OC(=O)c1cc(O)ccc1CC(N)C(=O)O.NC[C@H](O)c1ccccc1. The Balaban J connectivity index is 0.000000375. The van der Waals surface area contributed by atoms with Crippen LogP contribution in [-0.2, 0) is 16.0 Å². The second-order valence-corrected chi connectivity index (χ2v) is 7.65. The summed E-state index contributed by atoms with van der Waals surface area (Å²) in [5.74, 6) is -1.88. The van der Waals surface area contributed by atoms with E-state index in [1.54, 1.807) is 20.8 Å². The van der Waals surface area contributed by atoms with Crippen LogP contribution < -0.4 is 11.5 Å². The molecule has 2 atom stereocenters. The van der Waals surface area contributed by atoms with Gasteiger partial charge in [-0.15, -0.1) is 0 Å². The van der Waals surface area contributed by atoms with Crippen LogP contribution >= 0.6 is 0 Å². The summed E-state index contributed by atoms with van der Waals surface area (Å²) in [6.45, 7) is 5.44. The number of carboxylic acid groups (broad SMARTS) is 1. The molecule has 2 aromatic rings. The number of hydrogen-bond acceptors (Lipinski definition) is 7. The molecule has 0 heterocycles. The lowest BCUT2D eigenvalue weighted by molar-refractivity contribution is -0.138. The maximum Gasteiger partial charge on any atom is 0.339 e. The molecule has 2 aromatic carbocycles. The topological polar surface area (TPSA) is 156 Å². The molecule has 0 spiro atoms. The van der Waals surface area contributed by atoms with Gasteiger partial charge in [0, 0.05) is 6.54 Å². The van der Waals surface area contributed by atoms with Gasteiger partial charge in [-0.1, -0.05) is 36.4 Å². The zero-order valence-corrected chi connectivity index (χ0v) is 17.4. The Hall–Kier alpha value is -2.94. The van der Waals surface area contributed by atoms with E-state index in [2.05, 4.69) is 0 Å². The highest BCUT2D eigenvalue weighted by atomic mass is 16.6. The minimum atomic E-state index is -1.16. The average Bonchev–Trinajstić information content (AvgIpc) is 2.68. The Labute approximate surface area is 176 Å². The van der Waals surface area contributed by atoms with E-state index in [1.807, 2.05) is 30.3 Å². The number of aliphatic carboxylic acids is 1. The molecule has 0 fully saturated rings. The van der Waals surface area contributed by atoms with Crippen LogP contribution in [0.25, 0.3) is 0 Å². The molecule has 2 rings (SSSR count). The number of aliphatic hydroxyl groups is 1. The van der Waals surface area contributed by atoms with Gasteiger partial charge in [-0.2, -0.15) is 0 Å². The average molecular weight is 418 g/mol. The molecule has 164 valence electrons. The molecule has 0 saturated heterocycles. The quantitative estimate of drug-likeness (QED) is 0.446. The standard InChI is InChI=1S/C14H19NO5.C8H11NO/c1-14(2,3)20-13(19)10-7-9(16)5-4-8(10)6-11(15)12(17)18;9-6-8(10)7-4-2-1-3-5-7/h4-5,7,11,16H,6,15H2,1-3H3,(H,17,18);1-5,8,10H,6,9H2/t;8-/m.0/s1. The van der Waals surface area contributed by atoms with E-state index < -0.39 is 29.7 Å². The van der Waals surface area contributed by atoms with Crippen LogP contribution in [0.15, 0.2) is 48.5 Å². The molecule has 8 nitrogen and oxygen atoms in total. The number of phenolic OH excluding ortho intramolecular Hbond substituents is 1. The summed E-state index contributed by atoms with van der Waals surface area (Å²) in [6.07, 6.45) is -0.536. The largest absolute Gasteiger partial charge is 0.508 e. The van der Waals surface area contributed by atoms with Crippen LogP contribution in [0, 0.1) is 0 Å². The van der Waals surface area contributed by atoms with Crippen molar-refractivity contribution >= 4 is 11.9 Å². The van der Waals surface area contributed by atoms with Gasteiger partial charge in [0.15, 0.2) is 0 Å². The highest BCUT2D eigenvalue weighted by Gasteiger charge is 2.23. The lowest BCUT2D eigenvalue weighted by atomic mass is 10.00. The number of phenols is 1. The summed E-state index contributed by atoms with van der Waals surface area (Å²) >= 11 is 0. The van der Waals surface area contributed by atoms with Gasteiger partial charge in [0.05, 0.1) is 11.7 Å². The molecule has 0 aliphatic carbocycles. The predicted octanol–water partition coefficient (Wildman–Crippen LogP) is 1.98. The number of esters is 1. The van der Waals surface area contributed by atoms with E-state index in [4.69, 9.17) is 21.3 Å². The molecule has 30 heavy (non-hydrogen) atoms. The van der Waals surface area contributed by atoms with Crippen molar-refractivity contribution in [3.05, 3.63) is 65.2 Å².